The lowest BCUT2D eigenvalue weighted by Gasteiger charge is -2.41. The van der Waals surface area contributed by atoms with E-state index < -0.39 is 75.2 Å². The van der Waals surface area contributed by atoms with E-state index in [0.717, 1.165) is 64.2 Å². The minimum absolute atomic E-state index is 0.258. The third kappa shape index (κ3) is 29.1. The van der Waals surface area contributed by atoms with Gasteiger partial charge in [0.15, 0.2) is 0 Å². The number of nitrogens with one attached hydrogen (secondary N) is 1. The fourth-order valence-electron chi connectivity index (χ4n) is 7.66. The first-order valence-electron chi connectivity index (χ1n) is 24.5. The van der Waals surface area contributed by atoms with Crippen molar-refractivity contribution in [2.75, 3.05) is 6.61 Å². The largest absolute Gasteiger partial charge is 0.472 e. The molecule has 1 aliphatic rings. The van der Waals surface area contributed by atoms with Crippen LogP contribution in [0.2, 0.25) is 0 Å². The maximum Gasteiger partial charge on any atom is 0.472 e. The molecule has 8 unspecified atom stereocenters. The van der Waals surface area contributed by atoms with Crippen LogP contribution in [-0.4, -0.2) is 108 Å². The topological polar surface area (TPSA) is 226 Å². The quantitative estimate of drug-likeness (QED) is 0.0160. The van der Waals surface area contributed by atoms with Crippen molar-refractivity contribution >= 4 is 13.7 Å². The van der Waals surface area contributed by atoms with E-state index in [1.165, 1.54) is 109 Å². The van der Waals surface area contributed by atoms with E-state index in [4.69, 9.17) is 9.05 Å². The number of phosphoric acid groups is 1. The number of amides is 1. The highest BCUT2D eigenvalue weighted by Crippen LogP contribution is 2.47. The van der Waals surface area contributed by atoms with E-state index in [1.807, 2.05) is 0 Å². The van der Waals surface area contributed by atoms with Gasteiger partial charge in [0.05, 0.1) is 31.3 Å². The van der Waals surface area contributed by atoms with Gasteiger partial charge in [-0.3, -0.25) is 13.8 Å². The number of rotatable bonds is 40. The van der Waals surface area contributed by atoms with Crippen molar-refractivity contribution in [3.63, 3.8) is 0 Å². The minimum atomic E-state index is -5.15. The van der Waals surface area contributed by atoms with Crippen LogP contribution in [0, 0.1) is 0 Å². The van der Waals surface area contributed by atoms with Crippen molar-refractivity contribution in [1.29, 1.82) is 0 Å². The van der Waals surface area contributed by atoms with E-state index in [0.29, 0.717) is 12.8 Å². The lowest BCUT2D eigenvalue weighted by molar-refractivity contribution is -0.220. The molecule has 0 aliphatic heterocycles. The molecule has 1 rings (SSSR count). The summed E-state index contributed by atoms with van der Waals surface area (Å²) in [5, 5.41) is 74.4. The zero-order chi connectivity index (χ0) is 45.9. The molecule has 0 spiro atoms. The third-order valence-corrected chi connectivity index (χ3v) is 12.7. The molecule has 0 saturated heterocycles. The van der Waals surface area contributed by atoms with Crippen LogP contribution < -0.4 is 5.32 Å². The van der Waals surface area contributed by atoms with Gasteiger partial charge < -0.3 is 46.0 Å². The van der Waals surface area contributed by atoms with Gasteiger partial charge in [-0.15, -0.1) is 0 Å². The number of hydrogen-bond donors (Lipinski definition) is 9. The molecule has 0 aromatic carbocycles. The highest BCUT2D eigenvalue weighted by Gasteiger charge is 2.51. The van der Waals surface area contributed by atoms with E-state index in [2.05, 4.69) is 43.5 Å². The fourth-order valence-corrected chi connectivity index (χ4v) is 8.63. The van der Waals surface area contributed by atoms with Crippen molar-refractivity contribution in [2.45, 2.75) is 255 Å². The molecule has 0 aromatic rings. The van der Waals surface area contributed by atoms with Gasteiger partial charge >= 0.3 is 7.82 Å². The summed E-state index contributed by atoms with van der Waals surface area (Å²) in [6.45, 7) is 3.71. The molecule has 13 nitrogen and oxygen atoms in total. The molecular formula is C48H90NO12P. The minimum Gasteiger partial charge on any atom is -0.393 e. The molecule has 364 valence electrons. The van der Waals surface area contributed by atoms with Gasteiger partial charge in [0.1, 0.15) is 36.6 Å². The molecule has 0 radical (unpaired) electrons. The lowest BCUT2D eigenvalue weighted by atomic mass is 9.85. The van der Waals surface area contributed by atoms with Gasteiger partial charge in [0.25, 0.3) is 0 Å². The SMILES string of the molecule is CCCCCCCC/C=C/CC/C=C/C(O)C(COP(=O)(O)OC1C(O)C(O)C(O)C(O)C1O)NC(=O)CC(O)CCCCCCC/C=C\CCCCCCCCCCCCC. The molecule has 0 aromatic heterocycles. The average molecular weight is 904 g/mol. The first-order valence-corrected chi connectivity index (χ1v) is 26.0. The Morgan fingerprint density at radius 1 is 0.565 bits per heavy atom. The Labute approximate surface area is 375 Å². The van der Waals surface area contributed by atoms with Crippen molar-refractivity contribution < 1.29 is 59.0 Å². The second-order valence-electron chi connectivity index (χ2n) is 17.5. The Balaban J connectivity index is 2.49. The third-order valence-electron chi connectivity index (χ3n) is 11.7. The van der Waals surface area contributed by atoms with Crippen LogP contribution in [0.25, 0.3) is 0 Å². The number of unbranched alkanes of at least 4 members (excludes halogenated alkanes) is 23. The second kappa shape index (κ2) is 37.7. The molecule has 0 bridgehead atoms. The normalized spacial score (nSPS) is 23.3. The van der Waals surface area contributed by atoms with Crippen LogP contribution in [0.5, 0.6) is 0 Å². The molecule has 1 amide bonds. The van der Waals surface area contributed by atoms with Crippen LogP contribution in [0.3, 0.4) is 0 Å². The number of phosphoric ester groups is 1. The summed E-state index contributed by atoms with van der Waals surface area (Å²) in [6, 6.07) is -1.26. The smallest absolute Gasteiger partial charge is 0.393 e. The molecular weight excluding hydrogens is 813 g/mol. The van der Waals surface area contributed by atoms with Crippen LogP contribution in [0.15, 0.2) is 36.5 Å². The van der Waals surface area contributed by atoms with Crippen molar-refractivity contribution in [3.05, 3.63) is 36.5 Å². The van der Waals surface area contributed by atoms with E-state index in [9.17, 15) is 50.0 Å². The first kappa shape index (κ1) is 58.5. The number of hydrogen-bond acceptors (Lipinski definition) is 11. The van der Waals surface area contributed by atoms with Crippen molar-refractivity contribution in [1.82, 2.24) is 5.32 Å². The van der Waals surface area contributed by atoms with E-state index >= 15 is 0 Å². The van der Waals surface area contributed by atoms with Gasteiger partial charge in [-0.25, -0.2) is 4.57 Å². The molecule has 1 saturated carbocycles. The molecule has 62 heavy (non-hydrogen) atoms. The van der Waals surface area contributed by atoms with E-state index in [-0.39, 0.29) is 6.42 Å². The highest BCUT2D eigenvalue weighted by atomic mass is 31.2. The Morgan fingerprint density at radius 3 is 1.42 bits per heavy atom. The summed E-state index contributed by atoms with van der Waals surface area (Å²) >= 11 is 0. The zero-order valence-corrected chi connectivity index (χ0v) is 39.4. The number of carbonyl (C=O) groups excluding carboxylic acids is 1. The number of aliphatic hydroxyl groups is 7. The summed E-state index contributed by atoms with van der Waals surface area (Å²) in [5.41, 5.74) is 0. The Kier molecular flexibility index (Phi) is 35.6. The predicted molar refractivity (Wildman–Crippen MR) is 247 cm³/mol. The Morgan fingerprint density at radius 2 is 0.952 bits per heavy atom. The standard InChI is InChI=1S/C48H90NO12P/c1-3-5-7-9-11-13-15-17-18-19-20-21-22-23-24-25-27-29-31-33-35-39(50)37-42(52)49-40(41(51)36-34-32-30-28-26-16-14-12-10-8-6-4-2)38-60-62(58,59)61-48-46(56)44(54)43(53)45(55)47(48)57/h22-23,26,28,34,36,39-41,43-48,50-51,53-57H,3-21,24-25,27,29-33,35,37-38H2,1-2H3,(H,49,52)(H,58,59)/b23-22-,28-26+,36-34+. The number of allylic oxidation sites excluding steroid dienone is 5. The predicted octanol–water partition coefficient (Wildman–Crippen LogP) is 8.53. The summed E-state index contributed by atoms with van der Waals surface area (Å²) in [7, 11) is -5.15. The summed E-state index contributed by atoms with van der Waals surface area (Å²) < 4.78 is 22.8. The summed E-state index contributed by atoms with van der Waals surface area (Å²) in [6.07, 6.45) is 29.6. The zero-order valence-electron chi connectivity index (χ0n) is 38.5. The first-order chi connectivity index (χ1) is 29.8. The van der Waals surface area contributed by atoms with Crippen LogP contribution >= 0.6 is 7.82 Å². The molecule has 8 atom stereocenters. The maximum absolute atomic E-state index is 13.0. The van der Waals surface area contributed by atoms with Crippen LogP contribution in [0.1, 0.15) is 200 Å². The molecule has 1 aliphatic carbocycles. The lowest BCUT2D eigenvalue weighted by Crippen LogP contribution is -2.64. The maximum atomic E-state index is 13.0. The molecule has 14 heteroatoms. The van der Waals surface area contributed by atoms with Gasteiger partial charge in [0, 0.05) is 0 Å². The summed E-state index contributed by atoms with van der Waals surface area (Å²) in [5.74, 6) is -0.608. The van der Waals surface area contributed by atoms with Gasteiger partial charge in [-0.2, -0.15) is 0 Å². The van der Waals surface area contributed by atoms with E-state index in [1.54, 1.807) is 6.08 Å². The Hall–Kier alpha value is -1.48. The van der Waals surface area contributed by atoms with Crippen molar-refractivity contribution in [3.8, 4) is 0 Å². The number of aliphatic hydroxyl groups excluding tert-OH is 7. The molecule has 0 heterocycles. The highest BCUT2D eigenvalue weighted by molar-refractivity contribution is 7.47. The monoisotopic (exact) mass is 904 g/mol. The fraction of sp³-hybridized carbons (Fsp3) is 0.854. The van der Waals surface area contributed by atoms with Crippen LogP contribution in [0.4, 0.5) is 0 Å². The average Bonchev–Trinajstić information content (AvgIpc) is 3.24. The molecule has 1 fully saturated rings. The molecule has 9 N–H and O–H groups in total. The number of carbonyl (C=O) groups is 1. The van der Waals surface area contributed by atoms with Crippen LogP contribution in [-0.2, 0) is 18.4 Å². The Bertz CT molecular complexity index is 1200. The van der Waals surface area contributed by atoms with Gasteiger partial charge in [-0.1, -0.05) is 172 Å². The second-order valence-corrected chi connectivity index (χ2v) is 18.9. The summed E-state index contributed by atoms with van der Waals surface area (Å²) in [4.78, 5) is 23.4. The van der Waals surface area contributed by atoms with Crippen molar-refractivity contribution in [2.24, 2.45) is 0 Å². The van der Waals surface area contributed by atoms with Gasteiger partial charge in [-0.05, 0) is 57.8 Å². The van der Waals surface area contributed by atoms with Gasteiger partial charge in [0.2, 0.25) is 5.91 Å².